The number of pyridine rings is 1. The Hall–Kier alpha value is -1.13. The number of nitrogens with two attached hydrogens (primary N) is 1. The monoisotopic (exact) mass is 223 g/mol. The minimum Gasteiger partial charge on any atom is -0.389 e. The van der Waals surface area contributed by atoms with E-state index >= 15 is 0 Å². The van der Waals surface area contributed by atoms with Gasteiger partial charge in [0, 0.05) is 31.4 Å². The maximum Gasteiger partial charge on any atom is 0.133 e. The summed E-state index contributed by atoms with van der Waals surface area (Å²) in [6, 6.07) is 3.78. The van der Waals surface area contributed by atoms with Crippen molar-refractivity contribution < 1.29 is 5.11 Å². The van der Waals surface area contributed by atoms with E-state index in [9.17, 15) is 5.11 Å². The van der Waals surface area contributed by atoms with Gasteiger partial charge in [0.25, 0.3) is 0 Å². The first kappa shape index (κ1) is 12.9. The fourth-order valence-electron chi connectivity index (χ4n) is 1.74. The molecule has 1 aromatic heterocycles. The Balaban J connectivity index is 2.95. The van der Waals surface area contributed by atoms with E-state index in [0.717, 1.165) is 11.4 Å². The van der Waals surface area contributed by atoms with E-state index in [1.54, 1.807) is 20.0 Å². The highest BCUT2D eigenvalue weighted by Gasteiger charge is 2.19. The van der Waals surface area contributed by atoms with Gasteiger partial charge in [0.2, 0.25) is 0 Å². The maximum atomic E-state index is 9.78. The molecule has 0 bridgehead atoms. The lowest BCUT2D eigenvalue weighted by atomic mass is 10.1. The Morgan fingerprint density at radius 3 is 2.69 bits per heavy atom. The number of hydrogen-bond acceptors (Lipinski definition) is 4. The highest BCUT2D eigenvalue weighted by atomic mass is 16.3. The number of rotatable bonds is 4. The largest absolute Gasteiger partial charge is 0.389 e. The third-order valence-electron chi connectivity index (χ3n) is 2.29. The molecule has 0 aliphatic rings. The van der Waals surface area contributed by atoms with E-state index in [4.69, 9.17) is 5.73 Å². The lowest BCUT2D eigenvalue weighted by Crippen LogP contribution is -2.37. The maximum absolute atomic E-state index is 9.78. The molecule has 0 spiro atoms. The summed E-state index contributed by atoms with van der Waals surface area (Å²) >= 11 is 0. The quantitative estimate of drug-likeness (QED) is 0.808. The van der Waals surface area contributed by atoms with E-state index in [0.29, 0.717) is 6.54 Å². The van der Waals surface area contributed by atoms with Gasteiger partial charge >= 0.3 is 0 Å². The molecule has 0 saturated carbocycles. The predicted molar refractivity (Wildman–Crippen MR) is 66.4 cm³/mol. The molecule has 4 heteroatoms. The van der Waals surface area contributed by atoms with Gasteiger partial charge in [0.1, 0.15) is 5.82 Å². The second kappa shape index (κ2) is 4.80. The molecular weight excluding hydrogens is 202 g/mol. The Labute approximate surface area is 97.1 Å². The van der Waals surface area contributed by atoms with Gasteiger partial charge < -0.3 is 15.7 Å². The smallest absolute Gasteiger partial charge is 0.133 e. The third-order valence-corrected chi connectivity index (χ3v) is 2.29. The van der Waals surface area contributed by atoms with Crippen LogP contribution in [0.4, 0.5) is 5.82 Å². The number of nitrogens with zero attached hydrogens (tertiary/aromatic N) is 2. The van der Waals surface area contributed by atoms with Crippen LogP contribution in [0.25, 0.3) is 0 Å². The van der Waals surface area contributed by atoms with Crippen LogP contribution < -0.4 is 10.6 Å². The zero-order valence-electron chi connectivity index (χ0n) is 10.4. The van der Waals surface area contributed by atoms with Gasteiger partial charge in [-0.2, -0.15) is 0 Å². The standard InChI is InChI=1S/C12H21N3O/c1-9(13)10-6-5-7-14-11(10)15(4)8-12(2,3)16/h5-7,9,16H,8,13H2,1-4H3/t9-/m1/s1. The van der Waals surface area contributed by atoms with Crippen LogP contribution in [0.3, 0.4) is 0 Å². The topological polar surface area (TPSA) is 62.4 Å². The molecule has 0 fully saturated rings. The fraction of sp³-hybridized carbons (Fsp3) is 0.583. The van der Waals surface area contributed by atoms with E-state index < -0.39 is 5.60 Å². The zero-order valence-corrected chi connectivity index (χ0v) is 10.4. The minimum absolute atomic E-state index is 0.0621. The van der Waals surface area contributed by atoms with Crippen LogP contribution in [-0.4, -0.2) is 29.3 Å². The second-order valence-electron chi connectivity index (χ2n) is 4.87. The molecule has 0 amide bonds. The average molecular weight is 223 g/mol. The minimum atomic E-state index is -0.749. The normalized spacial score (nSPS) is 13.6. The fourth-order valence-corrected chi connectivity index (χ4v) is 1.74. The highest BCUT2D eigenvalue weighted by Crippen LogP contribution is 2.22. The number of likely N-dealkylation sites (N-methyl/N-ethyl adjacent to an activating group) is 1. The van der Waals surface area contributed by atoms with Gasteiger partial charge in [-0.1, -0.05) is 6.07 Å². The average Bonchev–Trinajstić information content (AvgIpc) is 2.15. The van der Waals surface area contributed by atoms with Gasteiger partial charge in [0.15, 0.2) is 0 Å². The molecule has 1 aromatic rings. The molecule has 0 radical (unpaired) electrons. The third kappa shape index (κ3) is 3.47. The summed E-state index contributed by atoms with van der Waals surface area (Å²) in [7, 11) is 1.91. The molecule has 0 saturated heterocycles. The van der Waals surface area contributed by atoms with Crippen LogP contribution in [0.1, 0.15) is 32.4 Å². The summed E-state index contributed by atoms with van der Waals surface area (Å²) in [6.07, 6.45) is 1.74. The molecule has 1 atom stereocenters. The summed E-state index contributed by atoms with van der Waals surface area (Å²) in [5.74, 6) is 0.833. The van der Waals surface area contributed by atoms with Crippen LogP contribution in [0.15, 0.2) is 18.3 Å². The Bertz CT molecular complexity index is 344. The van der Waals surface area contributed by atoms with E-state index in [1.807, 2.05) is 31.0 Å². The zero-order chi connectivity index (χ0) is 12.3. The van der Waals surface area contributed by atoms with Gasteiger partial charge in [-0.05, 0) is 26.8 Å². The molecule has 0 unspecified atom stereocenters. The lowest BCUT2D eigenvalue weighted by Gasteiger charge is -2.28. The van der Waals surface area contributed by atoms with Crippen LogP contribution >= 0.6 is 0 Å². The first-order valence-corrected chi connectivity index (χ1v) is 5.45. The van der Waals surface area contributed by atoms with Crippen molar-refractivity contribution in [3.05, 3.63) is 23.9 Å². The summed E-state index contributed by atoms with van der Waals surface area (Å²) in [4.78, 5) is 6.25. The van der Waals surface area contributed by atoms with E-state index in [-0.39, 0.29) is 6.04 Å². The second-order valence-corrected chi connectivity index (χ2v) is 4.87. The van der Waals surface area contributed by atoms with Crippen molar-refractivity contribution in [2.24, 2.45) is 5.73 Å². The molecule has 0 aliphatic carbocycles. The van der Waals surface area contributed by atoms with Crippen LogP contribution in [0, 0.1) is 0 Å². The summed E-state index contributed by atoms with van der Waals surface area (Å²) in [5, 5.41) is 9.78. The van der Waals surface area contributed by atoms with Crippen molar-refractivity contribution in [2.75, 3.05) is 18.5 Å². The molecule has 0 aliphatic heterocycles. The number of anilines is 1. The van der Waals surface area contributed by atoms with Crippen molar-refractivity contribution in [3.63, 3.8) is 0 Å². The van der Waals surface area contributed by atoms with Crippen LogP contribution in [0.2, 0.25) is 0 Å². The van der Waals surface area contributed by atoms with Gasteiger partial charge in [0.05, 0.1) is 5.60 Å². The molecule has 1 rings (SSSR count). The SMILES string of the molecule is C[C@@H](N)c1cccnc1N(C)CC(C)(C)O. The van der Waals surface area contributed by atoms with Crippen molar-refractivity contribution in [2.45, 2.75) is 32.4 Å². The summed E-state index contributed by atoms with van der Waals surface area (Å²) in [6.45, 7) is 6.00. The lowest BCUT2D eigenvalue weighted by molar-refractivity contribution is 0.0884. The van der Waals surface area contributed by atoms with Crippen molar-refractivity contribution in [3.8, 4) is 0 Å². The number of aliphatic hydroxyl groups is 1. The van der Waals surface area contributed by atoms with E-state index in [2.05, 4.69) is 4.98 Å². The Kier molecular flexibility index (Phi) is 3.88. The van der Waals surface area contributed by atoms with Crippen molar-refractivity contribution >= 4 is 5.82 Å². The molecule has 0 aromatic carbocycles. The van der Waals surface area contributed by atoms with Gasteiger partial charge in [-0.3, -0.25) is 0 Å². The molecule has 1 heterocycles. The summed E-state index contributed by atoms with van der Waals surface area (Å²) in [5.41, 5.74) is 6.13. The predicted octanol–water partition coefficient (Wildman–Crippen LogP) is 1.31. The first-order chi connectivity index (χ1) is 7.31. The van der Waals surface area contributed by atoms with Crippen molar-refractivity contribution in [1.29, 1.82) is 0 Å². The molecule has 3 N–H and O–H groups in total. The van der Waals surface area contributed by atoms with Gasteiger partial charge in [-0.15, -0.1) is 0 Å². The molecule has 90 valence electrons. The number of hydrogen-bond donors (Lipinski definition) is 2. The van der Waals surface area contributed by atoms with Crippen LogP contribution in [-0.2, 0) is 0 Å². The van der Waals surface area contributed by atoms with Crippen molar-refractivity contribution in [1.82, 2.24) is 4.98 Å². The molecule has 4 nitrogen and oxygen atoms in total. The molecule has 16 heavy (non-hydrogen) atoms. The highest BCUT2D eigenvalue weighted by molar-refractivity contribution is 5.47. The molecular formula is C12H21N3O. The Morgan fingerprint density at radius 2 is 2.19 bits per heavy atom. The van der Waals surface area contributed by atoms with Gasteiger partial charge in [-0.25, -0.2) is 4.98 Å². The number of aromatic nitrogens is 1. The Morgan fingerprint density at radius 1 is 1.56 bits per heavy atom. The summed E-state index contributed by atoms with van der Waals surface area (Å²) < 4.78 is 0. The van der Waals surface area contributed by atoms with Crippen LogP contribution in [0.5, 0.6) is 0 Å². The first-order valence-electron chi connectivity index (χ1n) is 5.45. The van der Waals surface area contributed by atoms with E-state index in [1.165, 1.54) is 0 Å².